The third-order valence-corrected chi connectivity index (χ3v) is 3.78. The Balaban J connectivity index is 2.32. The van der Waals surface area contributed by atoms with Gasteiger partial charge in [-0.25, -0.2) is 0 Å². The summed E-state index contributed by atoms with van der Waals surface area (Å²) in [5, 5.41) is 10.5. The molecule has 1 aromatic carbocycles. The minimum atomic E-state index is 0.369. The SMILES string of the molecule is CC(C)c1cc(-c2nnc(N)s2)c2ccccc2n1. The molecule has 3 rings (SSSR count). The first kappa shape index (κ1) is 12.0. The van der Waals surface area contributed by atoms with E-state index in [9.17, 15) is 0 Å². The third-order valence-electron chi connectivity index (χ3n) is 3.00. The van der Waals surface area contributed by atoms with Crippen LogP contribution >= 0.6 is 11.3 Å². The molecule has 2 heterocycles. The molecule has 96 valence electrons. The van der Waals surface area contributed by atoms with Gasteiger partial charge in [-0.2, -0.15) is 0 Å². The summed E-state index contributed by atoms with van der Waals surface area (Å²) in [4.78, 5) is 4.69. The Morgan fingerprint density at radius 3 is 2.63 bits per heavy atom. The lowest BCUT2D eigenvalue weighted by Crippen LogP contribution is -1.95. The number of aromatic nitrogens is 3. The standard InChI is InChI=1S/C14H14N4S/c1-8(2)12-7-10(13-17-18-14(15)19-13)9-5-3-4-6-11(9)16-12/h3-8H,1-2H3,(H2,15,18). The monoisotopic (exact) mass is 270 g/mol. The van der Waals surface area contributed by atoms with Crippen molar-refractivity contribution in [1.82, 2.24) is 15.2 Å². The molecule has 0 aliphatic heterocycles. The van der Waals surface area contributed by atoms with Gasteiger partial charge >= 0.3 is 0 Å². The summed E-state index contributed by atoms with van der Waals surface area (Å²) >= 11 is 1.40. The zero-order valence-electron chi connectivity index (χ0n) is 10.8. The summed E-state index contributed by atoms with van der Waals surface area (Å²) in [5.74, 6) is 0.369. The second kappa shape index (κ2) is 4.59. The molecule has 0 aliphatic rings. The maximum absolute atomic E-state index is 5.69. The van der Waals surface area contributed by atoms with Crippen molar-refractivity contribution in [3.8, 4) is 10.6 Å². The smallest absolute Gasteiger partial charge is 0.203 e. The molecule has 2 aromatic heterocycles. The van der Waals surface area contributed by atoms with Gasteiger partial charge in [-0.15, -0.1) is 10.2 Å². The highest BCUT2D eigenvalue weighted by Gasteiger charge is 2.13. The molecule has 0 radical (unpaired) electrons. The summed E-state index contributed by atoms with van der Waals surface area (Å²) in [6.07, 6.45) is 0. The lowest BCUT2D eigenvalue weighted by atomic mass is 10.0. The second-order valence-electron chi connectivity index (χ2n) is 4.71. The van der Waals surface area contributed by atoms with E-state index >= 15 is 0 Å². The van der Waals surface area contributed by atoms with Crippen LogP contribution in [-0.2, 0) is 0 Å². The fourth-order valence-corrected chi connectivity index (χ4v) is 2.65. The van der Waals surface area contributed by atoms with Crippen LogP contribution in [0.3, 0.4) is 0 Å². The van der Waals surface area contributed by atoms with Crippen molar-refractivity contribution in [3.05, 3.63) is 36.0 Å². The van der Waals surface area contributed by atoms with Gasteiger partial charge in [0.05, 0.1) is 5.52 Å². The Morgan fingerprint density at radius 1 is 1.16 bits per heavy atom. The predicted octanol–water partition coefficient (Wildman–Crippen LogP) is 3.46. The van der Waals surface area contributed by atoms with Crippen LogP contribution in [0.4, 0.5) is 5.13 Å². The van der Waals surface area contributed by atoms with Gasteiger partial charge in [-0.05, 0) is 18.1 Å². The largest absolute Gasteiger partial charge is 0.374 e. The van der Waals surface area contributed by atoms with Gasteiger partial charge in [0.2, 0.25) is 5.13 Å². The van der Waals surface area contributed by atoms with E-state index in [4.69, 9.17) is 10.7 Å². The molecule has 4 nitrogen and oxygen atoms in total. The molecule has 0 aliphatic carbocycles. The number of nitrogen functional groups attached to an aromatic ring is 1. The first-order chi connectivity index (χ1) is 9.15. The van der Waals surface area contributed by atoms with Crippen molar-refractivity contribution in [2.45, 2.75) is 19.8 Å². The number of para-hydroxylation sites is 1. The van der Waals surface area contributed by atoms with Gasteiger partial charge in [0, 0.05) is 16.6 Å². The quantitative estimate of drug-likeness (QED) is 0.774. The van der Waals surface area contributed by atoms with Crippen molar-refractivity contribution >= 4 is 27.4 Å². The normalized spacial score (nSPS) is 11.3. The van der Waals surface area contributed by atoms with Crippen molar-refractivity contribution in [2.75, 3.05) is 5.73 Å². The van der Waals surface area contributed by atoms with Crippen LogP contribution in [0, 0.1) is 0 Å². The molecule has 0 saturated heterocycles. The number of benzene rings is 1. The van der Waals surface area contributed by atoms with Crippen LogP contribution < -0.4 is 5.73 Å². The first-order valence-corrected chi connectivity index (χ1v) is 6.96. The number of nitrogens with zero attached hydrogens (tertiary/aromatic N) is 3. The first-order valence-electron chi connectivity index (χ1n) is 6.14. The zero-order valence-corrected chi connectivity index (χ0v) is 11.6. The van der Waals surface area contributed by atoms with E-state index in [0.29, 0.717) is 11.0 Å². The van der Waals surface area contributed by atoms with Crippen molar-refractivity contribution in [2.24, 2.45) is 0 Å². The number of rotatable bonds is 2. The maximum Gasteiger partial charge on any atom is 0.203 e. The van der Waals surface area contributed by atoms with Crippen LogP contribution in [-0.4, -0.2) is 15.2 Å². The van der Waals surface area contributed by atoms with Gasteiger partial charge in [-0.3, -0.25) is 4.98 Å². The Kier molecular flexibility index (Phi) is 2.91. The lowest BCUT2D eigenvalue weighted by Gasteiger charge is -2.09. The van der Waals surface area contributed by atoms with E-state index in [2.05, 4.69) is 36.2 Å². The molecule has 0 amide bonds. The zero-order chi connectivity index (χ0) is 13.4. The van der Waals surface area contributed by atoms with Gasteiger partial charge in [-0.1, -0.05) is 43.4 Å². The Hall–Kier alpha value is -2.01. The molecule has 2 N–H and O–H groups in total. The van der Waals surface area contributed by atoms with Gasteiger partial charge < -0.3 is 5.73 Å². The summed E-state index contributed by atoms with van der Waals surface area (Å²) in [6.45, 7) is 4.27. The number of anilines is 1. The van der Waals surface area contributed by atoms with Crippen LogP contribution in [0.5, 0.6) is 0 Å². The summed E-state index contributed by atoms with van der Waals surface area (Å²) < 4.78 is 0. The second-order valence-corrected chi connectivity index (χ2v) is 5.72. The predicted molar refractivity (Wildman–Crippen MR) is 79.1 cm³/mol. The number of fused-ring (bicyclic) bond motifs is 1. The molecule has 0 spiro atoms. The minimum absolute atomic E-state index is 0.369. The van der Waals surface area contributed by atoms with Crippen molar-refractivity contribution < 1.29 is 0 Å². The van der Waals surface area contributed by atoms with Crippen LogP contribution in [0.2, 0.25) is 0 Å². The van der Waals surface area contributed by atoms with Gasteiger partial charge in [0.25, 0.3) is 0 Å². The maximum atomic E-state index is 5.69. The molecule has 0 saturated carbocycles. The van der Waals surface area contributed by atoms with Crippen LogP contribution in [0.1, 0.15) is 25.5 Å². The Labute approximate surface area is 115 Å². The molecule has 0 unspecified atom stereocenters. The minimum Gasteiger partial charge on any atom is -0.374 e. The lowest BCUT2D eigenvalue weighted by molar-refractivity contribution is 0.830. The van der Waals surface area contributed by atoms with E-state index in [1.807, 2.05) is 18.2 Å². The Morgan fingerprint density at radius 2 is 1.95 bits per heavy atom. The van der Waals surface area contributed by atoms with E-state index in [1.165, 1.54) is 11.3 Å². The van der Waals surface area contributed by atoms with Crippen LogP contribution in [0.25, 0.3) is 21.5 Å². The highest BCUT2D eigenvalue weighted by molar-refractivity contribution is 7.18. The topological polar surface area (TPSA) is 64.7 Å². The molecular weight excluding hydrogens is 256 g/mol. The molecule has 0 atom stereocenters. The number of hydrogen-bond acceptors (Lipinski definition) is 5. The molecular formula is C14H14N4S. The molecule has 19 heavy (non-hydrogen) atoms. The van der Waals surface area contributed by atoms with E-state index in [1.54, 1.807) is 0 Å². The number of pyridine rings is 1. The highest BCUT2D eigenvalue weighted by Crippen LogP contribution is 2.32. The fraction of sp³-hybridized carbons (Fsp3) is 0.214. The van der Waals surface area contributed by atoms with E-state index in [0.717, 1.165) is 27.2 Å². The van der Waals surface area contributed by atoms with Gasteiger partial charge in [0.15, 0.2) is 0 Å². The number of nitrogens with two attached hydrogens (primary N) is 1. The highest BCUT2D eigenvalue weighted by atomic mass is 32.1. The third kappa shape index (κ3) is 2.17. The van der Waals surface area contributed by atoms with E-state index < -0.39 is 0 Å². The Bertz CT molecular complexity index is 733. The summed E-state index contributed by atoms with van der Waals surface area (Å²) in [5.41, 5.74) is 8.79. The average molecular weight is 270 g/mol. The van der Waals surface area contributed by atoms with Crippen LogP contribution in [0.15, 0.2) is 30.3 Å². The summed E-state index contributed by atoms with van der Waals surface area (Å²) in [6, 6.07) is 10.2. The van der Waals surface area contributed by atoms with Crippen molar-refractivity contribution in [1.29, 1.82) is 0 Å². The molecule has 5 heteroatoms. The molecule has 0 bridgehead atoms. The average Bonchev–Trinajstić information content (AvgIpc) is 2.84. The fourth-order valence-electron chi connectivity index (χ4n) is 2.01. The van der Waals surface area contributed by atoms with Gasteiger partial charge in [0.1, 0.15) is 5.01 Å². The van der Waals surface area contributed by atoms with Crippen molar-refractivity contribution in [3.63, 3.8) is 0 Å². The summed E-state index contributed by atoms with van der Waals surface area (Å²) in [7, 11) is 0. The molecule has 3 aromatic rings. The molecule has 0 fully saturated rings. The number of hydrogen-bond donors (Lipinski definition) is 1. The van der Waals surface area contributed by atoms with E-state index in [-0.39, 0.29) is 0 Å².